The molecule has 6 N–H and O–H groups in total. The zero-order valence-corrected chi connectivity index (χ0v) is 6.02. The molecular weight excluding hydrogens is 164 g/mol. The van der Waals surface area contributed by atoms with E-state index in [0.717, 1.165) is 6.08 Å². The number of carbonyl (C=O) groups is 2. The quantitative estimate of drug-likeness (QED) is 0.168. The van der Waals surface area contributed by atoms with Crippen molar-refractivity contribution in [2.75, 3.05) is 0 Å². The van der Waals surface area contributed by atoms with Gasteiger partial charge >= 0.3 is 5.97 Å². The van der Waals surface area contributed by atoms with Crippen molar-refractivity contribution in [1.82, 2.24) is 5.43 Å². The molecule has 7 heteroatoms. The minimum Gasteiger partial charge on any atom is -0.478 e. The molecule has 0 bridgehead atoms. The number of aliphatic carboxylic acids is 1. The van der Waals surface area contributed by atoms with E-state index in [0.29, 0.717) is 6.08 Å². The van der Waals surface area contributed by atoms with Crippen molar-refractivity contribution >= 4 is 17.8 Å². The van der Waals surface area contributed by atoms with Crippen LogP contribution < -0.4 is 16.9 Å². The molecule has 0 heterocycles. The Labute approximate surface area is 67.7 Å². The Morgan fingerprint density at radius 3 is 2.33 bits per heavy atom. The third-order valence-electron chi connectivity index (χ3n) is 0.672. The number of rotatable bonds is 3. The second-order valence-corrected chi connectivity index (χ2v) is 1.68. The lowest BCUT2D eigenvalue weighted by Gasteiger charge is -1.92. The molecule has 12 heavy (non-hydrogen) atoms. The van der Waals surface area contributed by atoms with Crippen LogP contribution in [0.15, 0.2) is 17.3 Å². The molecule has 66 valence electrons. The number of hydrogen-bond donors (Lipinski definition) is 4. The van der Waals surface area contributed by atoms with Crippen molar-refractivity contribution in [1.29, 1.82) is 0 Å². The summed E-state index contributed by atoms with van der Waals surface area (Å²) in [4.78, 5) is 20.5. The number of hydrogen-bond acceptors (Lipinski definition) is 3. The fraction of sp³-hybridized carbons (Fsp3) is 0. The molecule has 0 aliphatic heterocycles. The highest BCUT2D eigenvalue weighted by Gasteiger charge is 1.93. The minimum atomic E-state index is -1.23. The van der Waals surface area contributed by atoms with Gasteiger partial charge in [-0.25, -0.2) is 10.2 Å². The number of carbonyl (C=O) groups excluding carboxylic acids is 1. The van der Waals surface area contributed by atoms with E-state index in [1.54, 1.807) is 0 Å². The monoisotopic (exact) mass is 172 g/mol. The highest BCUT2D eigenvalue weighted by molar-refractivity contribution is 5.94. The summed E-state index contributed by atoms with van der Waals surface area (Å²) in [5, 5.41) is 11.2. The van der Waals surface area contributed by atoms with Crippen LogP contribution in [0.25, 0.3) is 0 Å². The van der Waals surface area contributed by atoms with Gasteiger partial charge in [-0.2, -0.15) is 0 Å². The van der Waals surface area contributed by atoms with Crippen molar-refractivity contribution in [3.63, 3.8) is 0 Å². The molecule has 0 fully saturated rings. The number of hydrazone groups is 1. The van der Waals surface area contributed by atoms with Crippen molar-refractivity contribution in [3.05, 3.63) is 12.2 Å². The maximum atomic E-state index is 10.6. The van der Waals surface area contributed by atoms with Gasteiger partial charge in [0, 0.05) is 12.2 Å². The molecule has 0 aromatic rings. The highest BCUT2D eigenvalue weighted by Crippen LogP contribution is 1.73. The van der Waals surface area contributed by atoms with E-state index >= 15 is 0 Å². The fourth-order valence-corrected chi connectivity index (χ4v) is 0.304. The number of amides is 1. The molecule has 0 aliphatic carbocycles. The molecule has 0 aromatic carbocycles. The lowest BCUT2D eigenvalue weighted by molar-refractivity contribution is -0.131. The molecule has 0 saturated carbocycles. The lowest BCUT2D eigenvalue weighted by atomic mass is 10.5. The Hall–Kier alpha value is -2.05. The van der Waals surface area contributed by atoms with Crippen molar-refractivity contribution in [3.8, 4) is 0 Å². The van der Waals surface area contributed by atoms with Crippen LogP contribution in [0.2, 0.25) is 0 Å². The smallest absolute Gasteiger partial charge is 0.328 e. The van der Waals surface area contributed by atoms with Crippen LogP contribution in [0.5, 0.6) is 0 Å². The SMILES string of the molecule is NC(N)=NNC(=O)/C=C/C(=O)O. The Morgan fingerprint density at radius 2 is 1.92 bits per heavy atom. The van der Waals surface area contributed by atoms with Gasteiger partial charge in [0.15, 0.2) is 0 Å². The average Bonchev–Trinajstić information content (AvgIpc) is 1.96. The van der Waals surface area contributed by atoms with Gasteiger partial charge in [0.2, 0.25) is 5.96 Å². The van der Waals surface area contributed by atoms with Crippen molar-refractivity contribution in [2.24, 2.45) is 16.6 Å². The van der Waals surface area contributed by atoms with Gasteiger partial charge in [0.1, 0.15) is 0 Å². The molecule has 7 nitrogen and oxygen atoms in total. The van der Waals surface area contributed by atoms with Gasteiger partial charge in [-0.05, 0) is 0 Å². The standard InChI is InChI=1S/C5H8N4O3/c6-5(7)9-8-3(10)1-2-4(11)12/h1-2H,(H,8,10)(H,11,12)(H4,6,7,9)/b2-1+. The third kappa shape index (κ3) is 6.08. The topological polar surface area (TPSA) is 131 Å². The van der Waals surface area contributed by atoms with Gasteiger partial charge < -0.3 is 16.6 Å². The number of carboxylic acids is 1. The van der Waals surface area contributed by atoms with Crippen LogP contribution in [-0.2, 0) is 9.59 Å². The number of nitrogens with one attached hydrogen (secondary N) is 1. The summed E-state index contributed by atoms with van der Waals surface area (Å²) < 4.78 is 0. The first-order valence-electron chi connectivity index (χ1n) is 2.82. The maximum Gasteiger partial charge on any atom is 0.328 e. The fourth-order valence-electron chi connectivity index (χ4n) is 0.304. The van der Waals surface area contributed by atoms with Gasteiger partial charge in [-0.1, -0.05) is 0 Å². The van der Waals surface area contributed by atoms with E-state index < -0.39 is 11.9 Å². The molecule has 0 radical (unpaired) electrons. The molecule has 0 saturated heterocycles. The van der Waals surface area contributed by atoms with Crippen LogP contribution in [0.1, 0.15) is 0 Å². The van der Waals surface area contributed by atoms with E-state index in [1.807, 2.05) is 5.43 Å². The maximum absolute atomic E-state index is 10.6. The first kappa shape index (κ1) is 9.95. The second kappa shape index (κ2) is 4.72. The Balaban J connectivity index is 3.91. The van der Waals surface area contributed by atoms with E-state index in [4.69, 9.17) is 16.6 Å². The lowest BCUT2D eigenvalue weighted by Crippen LogP contribution is -2.28. The van der Waals surface area contributed by atoms with Gasteiger partial charge in [-0.3, -0.25) is 4.79 Å². The zero-order chi connectivity index (χ0) is 9.56. The average molecular weight is 172 g/mol. The number of nitrogens with two attached hydrogens (primary N) is 2. The summed E-state index contributed by atoms with van der Waals surface area (Å²) in [5.74, 6) is -2.26. The van der Waals surface area contributed by atoms with Crippen molar-refractivity contribution < 1.29 is 14.7 Å². The summed E-state index contributed by atoms with van der Waals surface area (Å²) >= 11 is 0. The summed E-state index contributed by atoms with van der Waals surface area (Å²) in [6.45, 7) is 0. The number of nitrogens with zero attached hydrogens (tertiary/aromatic N) is 1. The van der Waals surface area contributed by atoms with Crippen LogP contribution in [0.3, 0.4) is 0 Å². The number of carboxylic acid groups (broad SMARTS) is 1. The molecule has 1 amide bonds. The summed E-state index contributed by atoms with van der Waals surface area (Å²) in [6.07, 6.45) is 1.45. The van der Waals surface area contributed by atoms with Crippen molar-refractivity contribution in [2.45, 2.75) is 0 Å². The molecule has 0 aliphatic rings. The van der Waals surface area contributed by atoms with Crippen LogP contribution in [0, 0.1) is 0 Å². The van der Waals surface area contributed by atoms with Crippen LogP contribution in [-0.4, -0.2) is 22.9 Å². The van der Waals surface area contributed by atoms with Gasteiger partial charge in [-0.15, -0.1) is 5.10 Å². The number of guanidine groups is 1. The molecule has 0 rings (SSSR count). The van der Waals surface area contributed by atoms with E-state index in [9.17, 15) is 9.59 Å². The van der Waals surface area contributed by atoms with E-state index in [1.165, 1.54) is 0 Å². The van der Waals surface area contributed by atoms with Crippen LogP contribution >= 0.6 is 0 Å². The van der Waals surface area contributed by atoms with Gasteiger partial charge in [0.05, 0.1) is 0 Å². The molecule has 0 aromatic heterocycles. The summed E-state index contributed by atoms with van der Waals surface area (Å²) in [7, 11) is 0. The second-order valence-electron chi connectivity index (χ2n) is 1.68. The third-order valence-corrected chi connectivity index (χ3v) is 0.672. The molecular formula is C5H8N4O3. The minimum absolute atomic E-state index is 0.313. The predicted octanol–water partition coefficient (Wildman–Crippen LogP) is -2.07. The molecule has 0 spiro atoms. The summed E-state index contributed by atoms with van der Waals surface area (Å²) in [6, 6.07) is 0. The van der Waals surface area contributed by atoms with E-state index in [2.05, 4.69) is 5.10 Å². The first-order chi connectivity index (χ1) is 5.52. The summed E-state index contributed by atoms with van der Waals surface area (Å²) in [5.41, 5.74) is 11.6. The van der Waals surface area contributed by atoms with Gasteiger partial charge in [0.25, 0.3) is 5.91 Å². The Morgan fingerprint density at radius 1 is 1.33 bits per heavy atom. The van der Waals surface area contributed by atoms with E-state index in [-0.39, 0.29) is 5.96 Å². The Kier molecular flexibility index (Phi) is 3.91. The zero-order valence-electron chi connectivity index (χ0n) is 6.02. The molecule has 0 unspecified atom stereocenters. The largest absolute Gasteiger partial charge is 0.478 e. The first-order valence-corrected chi connectivity index (χ1v) is 2.82. The Bertz CT molecular complexity index is 241. The normalized spacial score (nSPS) is 9.33. The van der Waals surface area contributed by atoms with Crippen LogP contribution in [0.4, 0.5) is 0 Å². The predicted molar refractivity (Wildman–Crippen MR) is 40.7 cm³/mol. The molecule has 0 atom stereocenters. The highest BCUT2D eigenvalue weighted by atomic mass is 16.4.